The van der Waals surface area contributed by atoms with Crippen molar-refractivity contribution in [3.05, 3.63) is 48.0 Å². The summed E-state index contributed by atoms with van der Waals surface area (Å²) in [5, 5.41) is 0. The fraction of sp³-hybridized carbons (Fsp3) is 0.550. The van der Waals surface area contributed by atoms with Crippen LogP contribution in [-0.2, 0) is 23.1 Å². The van der Waals surface area contributed by atoms with Gasteiger partial charge in [-0.05, 0) is 30.4 Å². The summed E-state index contributed by atoms with van der Waals surface area (Å²) in [7, 11) is -4.66. The minimum absolute atomic E-state index is 0.0394. The summed E-state index contributed by atoms with van der Waals surface area (Å²) >= 11 is 0. The highest BCUT2D eigenvalue weighted by Gasteiger charge is 2.38. The second-order valence-electron chi connectivity index (χ2n) is 7.96. The fourth-order valence-electron chi connectivity index (χ4n) is 4.24. The van der Waals surface area contributed by atoms with Crippen LogP contribution in [0, 0.1) is 5.92 Å². The molecule has 2 aliphatic rings. The topological polar surface area (TPSA) is 69.3 Å². The van der Waals surface area contributed by atoms with Crippen LogP contribution in [0.3, 0.4) is 0 Å². The number of imidazole rings is 1. The van der Waals surface area contributed by atoms with E-state index in [4.69, 9.17) is 0 Å². The molecule has 6 nitrogen and oxygen atoms in total. The molecule has 0 spiro atoms. The van der Waals surface area contributed by atoms with Gasteiger partial charge < -0.3 is 9.88 Å². The van der Waals surface area contributed by atoms with E-state index in [0.29, 0.717) is 12.5 Å². The number of hydrogen-bond acceptors (Lipinski definition) is 4. The molecule has 1 fully saturated rings. The molecule has 1 atom stereocenters. The van der Waals surface area contributed by atoms with E-state index < -0.39 is 15.8 Å². The van der Waals surface area contributed by atoms with Crippen LogP contribution in [0.25, 0.3) is 0 Å². The summed E-state index contributed by atoms with van der Waals surface area (Å²) in [5.41, 5.74) is 2.54. The zero-order valence-corrected chi connectivity index (χ0v) is 17.0. The first-order valence-electron chi connectivity index (χ1n) is 10.0. The van der Waals surface area contributed by atoms with Crippen LogP contribution in [0.4, 0.5) is 14.5 Å². The lowest BCUT2D eigenvalue weighted by Gasteiger charge is -2.35. The van der Waals surface area contributed by atoms with Gasteiger partial charge in [0, 0.05) is 31.0 Å². The molecule has 4 rings (SSSR count). The van der Waals surface area contributed by atoms with Gasteiger partial charge in [-0.15, -0.1) is 0 Å². The van der Waals surface area contributed by atoms with Crippen LogP contribution in [0.15, 0.2) is 36.8 Å². The Bertz CT molecular complexity index is 916. The molecule has 0 unspecified atom stereocenters. The third kappa shape index (κ3) is 4.30. The predicted molar refractivity (Wildman–Crippen MR) is 107 cm³/mol. The lowest BCUT2D eigenvalue weighted by molar-refractivity contribution is 0.214. The molecule has 0 saturated heterocycles. The zero-order valence-electron chi connectivity index (χ0n) is 16.2. The molecular formula is C20H26F2N4O2S. The average Bonchev–Trinajstić information content (AvgIpc) is 3.11. The Labute approximate surface area is 170 Å². The van der Waals surface area contributed by atoms with Gasteiger partial charge in [0.25, 0.3) is 10.0 Å². The molecule has 29 heavy (non-hydrogen) atoms. The normalized spacial score (nSPS) is 21.1. The van der Waals surface area contributed by atoms with Crippen LogP contribution in [0.1, 0.15) is 43.4 Å². The van der Waals surface area contributed by atoms with Crippen molar-refractivity contribution < 1.29 is 17.2 Å². The summed E-state index contributed by atoms with van der Waals surface area (Å²) in [4.78, 5) is 9.33. The maximum Gasteiger partial charge on any atom is 0.350 e. The van der Waals surface area contributed by atoms with E-state index in [2.05, 4.69) is 14.9 Å². The molecule has 2 heterocycles. The van der Waals surface area contributed by atoms with E-state index in [-0.39, 0.29) is 19.1 Å². The fourth-order valence-corrected chi connectivity index (χ4v) is 5.17. The first-order valence-corrected chi connectivity index (χ1v) is 11.5. The highest BCUT2D eigenvalue weighted by molar-refractivity contribution is 7.89. The Hall–Kier alpha value is -2.00. The van der Waals surface area contributed by atoms with Crippen molar-refractivity contribution in [3.63, 3.8) is 0 Å². The number of sulfonamides is 1. The van der Waals surface area contributed by atoms with Gasteiger partial charge in [0.15, 0.2) is 0 Å². The van der Waals surface area contributed by atoms with Gasteiger partial charge in [0.05, 0.1) is 18.6 Å². The number of aromatic amines is 1. The van der Waals surface area contributed by atoms with Gasteiger partial charge in [0.1, 0.15) is 0 Å². The molecule has 0 radical (unpaired) electrons. The Morgan fingerprint density at radius 2 is 2.00 bits per heavy atom. The molecule has 1 aliphatic heterocycles. The monoisotopic (exact) mass is 424 g/mol. The number of halogens is 2. The molecule has 0 bridgehead atoms. The zero-order chi connectivity index (χ0) is 20.4. The number of benzene rings is 1. The number of alkyl halides is 2. The van der Waals surface area contributed by atoms with E-state index in [9.17, 15) is 17.2 Å². The molecule has 1 aromatic heterocycles. The van der Waals surface area contributed by atoms with Crippen molar-refractivity contribution >= 4 is 15.7 Å². The molecule has 1 aliphatic carbocycles. The molecule has 0 amide bonds. The standard InChI is InChI=1S/C20H26F2N4O2S/c21-20(22)29(27,28)25-11-16-6-1-2-7-19(16)26(12-17-10-23-14-24-17)18(13-25)9-8-15-4-3-5-15/h1-2,6-7,10,14-15,18,20H,3-5,8-9,11-13H2,(H,23,24)/t18-/m0/s1. The Balaban J connectivity index is 1.69. The van der Waals surface area contributed by atoms with Crippen LogP contribution in [-0.4, -0.2) is 41.0 Å². The van der Waals surface area contributed by atoms with Gasteiger partial charge >= 0.3 is 5.76 Å². The first kappa shape index (κ1) is 20.3. The van der Waals surface area contributed by atoms with Crippen molar-refractivity contribution in [1.82, 2.24) is 14.3 Å². The Morgan fingerprint density at radius 1 is 1.21 bits per heavy atom. The maximum atomic E-state index is 13.4. The molecule has 1 saturated carbocycles. The third-order valence-electron chi connectivity index (χ3n) is 6.12. The van der Waals surface area contributed by atoms with Crippen molar-refractivity contribution in [2.45, 2.75) is 57.0 Å². The largest absolute Gasteiger partial charge is 0.361 e. The lowest BCUT2D eigenvalue weighted by atomic mass is 9.81. The van der Waals surface area contributed by atoms with Crippen molar-refractivity contribution in [1.29, 1.82) is 0 Å². The van der Waals surface area contributed by atoms with Gasteiger partial charge in [-0.25, -0.2) is 13.4 Å². The summed E-state index contributed by atoms with van der Waals surface area (Å²) in [6.45, 7) is 0.541. The number of para-hydroxylation sites is 1. The van der Waals surface area contributed by atoms with Crippen molar-refractivity contribution in [2.75, 3.05) is 11.4 Å². The maximum absolute atomic E-state index is 13.4. The van der Waals surface area contributed by atoms with E-state index >= 15 is 0 Å². The van der Waals surface area contributed by atoms with Crippen molar-refractivity contribution in [3.8, 4) is 0 Å². The Kier molecular flexibility index (Phi) is 5.87. The quantitative estimate of drug-likeness (QED) is 0.735. The number of hydrogen-bond donors (Lipinski definition) is 1. The highest BCUT2D eigenvalue weighted by Crippen LogP contribution is 2.36. The number of anilines is 1. The van der Waals surface area contributed by atoms with Crippen LogP contribution in [0.2, 0.25) is 0 Å². The second kappa shape index (κ2) is 8.39. The summed E-state index contributed by atoms with van der Waals surface area (Å²) < 4.78 is 52.4. The molecule has 1 N–H and O–H groups in total. The number of nitrogens with one attached hydrogen (secondary N) is 1. The molecular weight excluding hydrogens is 398 g/mol. The minimum Gasteiger partial charge on any atom is -0.361 e. The van der Waals surface area contributed by atoms with E-state index in [0.717, 1.165) is 34.1 Å². The second-order valence-corrected chi connectivity index (χ2v) is 9.86. The van der Waals surface area contributed by atoms with Crippen LogP contribution < -0.4 is 4.90 Å². The summed E-state index contributed by atoms with van der Waals surface area (Å²) in [6, 6.07) is 7.29. The van der Waals surface area contributed by atoms with E-state index in [1.807, 2.05) is 24.3 Å². The molecule has 1 aromatic carbocycles. The van der Waals surface area contributed by atoms with E-state index in [1.54, 1.807) is 12.5 Å². The summed E-state index contributed by atoms with van der Waals surface area (Å²) in [6.07, 6.45) is 8.73. The van der Waals surface area contributed by atoms with Crippen molar-refractivity contribution in [2.24, 2.45) is 5.92 Å². The number of fused-ring (bicyclic) bond motifs is 1. The number of H-pyrrole nitrogens is 1. The SMILES string of the molecule is O=S(=O)(C(F)F)N1Cc2ccccc2N(Cc2cnc[nH]2)[C@@H](CCC2CCC2)C1. The van der Waals surface area contributed by atoms with Gasteiger partial charge in [0.2, 0.25) is 0 Å². The number of aromatic nitrogens is 2. The highest BCUT2D eigenvalue weighted by atomic mass is 32.2. The van der Waals surface area contributed by atoms with Crippen LogP contribution in [0.5, 0.6) is 0 Å². The number of rotatable bonds is 7. The minimum atomic E-state index is -4.66. The van der Waals surface area contributed by atoms with Gasteiger partial charge in [-0.1, -0.05) is 37.5 Å². The average molecular weight is 425 g/mol. The smallest absolute Gasteiger partial charge is 0.350 e. The molecule has 2 aromatic rings. The summed E-state index contributed by atoms with van der Waals surface area (Å²) in [5.74, 6) is -2.76. The molecule has 158 valence electrons. The first-order chi connectivity index (χ1) is 13.9. The van der Waals surface area contributed by atoms with Crippen LogP contribution >= 0.6 is 0 Å². The predicted octanol–water partition coefficient (Wildman–Crippen LogP) is 3.73. The van der Waals surface area contributed by atoms with Gasteiger partial charge in [-0.3, -0.25) is 0 Å². The lowest BCUT2D eigenvalue weighted by Crippen LogP contribution is -2.45. The number of nitrogens with zero attached hydrogens (tertiary/aromatic N) is 3. The molecule has 9 heteroatoms. The van der Waals surface area contributed by atoms with Gasteiger partial charge in [-0.2, -0.15) is 13.1 Å². The Morgan fingerprint density at radius 3 is 2.66 bits per heavy atom. The third-order valence-corrected chi connectivity index (χ3v) is 7.56. The van der Waals surface area contributed by atoms with E-state index in [1.165, 1.54) is 19.3 Å².